The fourth-order valence-corrected chi connectivity index (χ4v) is 2.43. The van der Waals surface area contributed by atoms with Crippen molar-refractivity contribution in [2.45, 2.75) is 24.9 Å². The Balaban J connectivity index is 2.08. The zero-order chi connectivity index (χ0) is 13.9. The number of ether oxygens (including phenoxy) is 1. The number of piperidine rings is 1. The van der Waals surface area contributed by atoms with E-state index >= 15 is 0 Å². The second-order valence-corrected chi connectivity index (χ2v) is 5.02. The normalized spacial score (nSPS) is 18.5. The summed E-state index contributed by atoms with van der Waals surface area (Å²) in [4.78, 5) is 2.23. The maximum absolute atomic E-state index is 12.2. The van der Waals surface area contributed by atoms with Crippen LogP contribution in [0.5, 0.6) is 5.75 Å². The van der Waals surface area contributed by atoms with Gasteiger partial charge in [-0.3, -0.25) is 0 Å². The summed E-state index contributed by atoms with van der Waals surface area (Å²) in [5, 5.41) is 0. The largest absolute Gasteiger partial charge is 0.484 e. The minimum absolute atomic E-state index is 0.292. The Morgan fingerprint density at radius 1 is 1.21 bits per heavy atom. The van der Waals surface area contributed by atoms with Gasteiger partial charge in [-0.2, -0.15) is 13.2 Å². The Bertz CT molecular complexity index is 411. The Morgan fingerprint density at radius 3 is 2.47 bits per heavy atom. The quantitative estimate of drug-likeness (QED) is 0.836. The van der Waals surface area contributed by atoms with Gasteiger partial charge in [0.15, 0.2) is 6.61 Å². The minimum atomic E-state index is -4.29. The fraction of sp³-hybridized carbons (Fsp3) is 0.571. The van der Waals surface area contributed by atoms with Crippen LogP contribution in [0.2, 0.25) is 0 Å². The van der Waals surface area contributed by atoms with Crippen LogP contribution in [0.1, 0.15) is 24.3 Å². The van der Waals surface area contributed by atoms with Gasteiger partial charge in [-0.25, -0.2) is 0 Å². The lowest BCUT2D eigenvalue weighted by Crippen LogP contribution is -2.29. The van der Waals surface area contributed by atoms with Gasteiger partial charge in [-0.05, 0) is 50.5 Å². The summed E-state index contributed by atoms with van der Waals surface area (Å²) >= 11 is 0. The second kappa shape index (κ2) is 5.82. The van der Waals surface area contributed by atoms with E-state index in [0.717, 1.165) is 31.5 Å². The van der Waals surface area contributed by atoms with Crippen molar-refractivity contribution in [2.24, 2.45) is 0 Å². The van der Waals surface area contributed by atoms with Crippen LogP contribution in [0.3, 0.4) is 0 Å². The molecule has 1 saturated heterocycles. The second-order valence-electron chi connectivity index (χ2n) is 5.02. The van der Waals surface area contributed by atoms with Gasteiger partial charge in [0, 0.05) is 0 Å². The van der Waals surface area contributed by atoms with Crippen LogP contribution in [-0.2, 0) is 0 Å². The number of para-hydroxylation sites is 1. The molecule has 1 fully saturated rings. The summed E-state index contributed by atoms with van der Waals surface area (Å²) in [6, 6.07) is 7.07. The fourth-order valence-electron chi connectivity index (χ4n) is 2.43. The van der Waals surface area contributed by atoms with Crippen molar-refractivity contribution in [3.8, 4) is 5.75 Å². The van der Waals surface area contributed by atoms with Crippen LogP contribution in [0.4, 0.5) is 13.2 Å². The van der Waals surface area contributed by atoms with Gasteiger partial charge >= 0.3 is 6.18 Å². The number of likely N-dealkylation sites (tertiary alicyclic amines) is 1. The zero-order valence-corrected chi connectivity index (χ0v) is 10.9. The third-order valence-electron chi connectivity index (χ3n) is 3.47. The van der Waals surface area contributed by atoms with Crippen molar-refractivity contribution in [1.82, 2.24) is 4.90 Å². The molecule has 0 N–H and O–H groups in total. The molecule has 1 aliphatic rings. The summed E-state index contributed by atoms with van der Waals surface area (Å²) in [5.74, 6) is 0.662. The Hall–Kier alpha value is -1.23. The molecule has 1 aliphatic heterocycles. The van der Waals surface area contributed by atoms with Gasteiger partial charge in [0.25, 0.3) is 0 Å². The summed E-state index contributed by atoms with van der Waals surface area (Å²) in [6.07, 6.45) is -2.37. The Morgan fingerprint density at radius 2 is 1.84 bits per heavy atom. The molecule has 0 bridgehead atoms. The Kier molecular flexibility index (Phi) is 4.34. The molecule has 19 heavy (non-hydrogen) atoms. The van der Waals surface area contributed by atoms with E-state index in [9.17, 15) is 13.2 Å². The molecule has 2 nitrogen and oxygen atoms in total. The molecule has 0 aromatic heterocycles. The van der Waals surface area contributed by atoms with E-state index in [-0.39, 0.29) is 0 Å². The molecular formula is C14H18F3NO. The predicted molar refractivity (Wildman–Crippen MR) is 67.5 cm³/mol. The van der Waals surface area contributed by atoms with Crippen molar-refractivity contribution >= 4 is 0 Å². The first kappa shape index (κ1) is 14.2. The van der Waals surface area contributed by atoms with Gasteiger partial charge < -0.3 is 9.64 Å². The van der Waals surface area contributed by atoms with E-state index in [2.05, 4.69) is 11.9 Å². The highest BCUT2D eigenvalue weighted by Gasteiger charge is 2.29. The predicted octanol–water partition coefficient (Wildman–Crippen LogP) is 3.44. The van der Waals surface area contributed by atoms with Crippen LogP contribution >= 0.6 is 0 Å². The number of halogens is 3. The lowest BCUT2D eigenvalue weighted by molar-refractivity contribution is -0.153. The molecule has 1 aromatic carbocycles. The van der Waals surface area contributed by atoms with Gasteiger partial charge in [0.2, 0.25) is 0 Å². The van der Waals surface area contributed by atoms with Gasteiger partial charge in [0.05, 0.1) is 0 Å². The molecule has 106 valence electrons. The number of benzene rings is 1. The molecule has 0 spiro atoms. The van der Waals surface area contributed by atoms with Gasteiger partial charge in [-0.1, -0.05) is 18.2 Å². The number of nitrogens with zero attached hydrogens (tertiary/aromatic N) is 1. The molecule has 0 aliphatic carbocycles. The monoisotopic (exact) mass is 273 g/mol. The molecule has 0 amide bonds. The number of rotatable bonds is 3. The van der Waals surface area contributed by atoms with Crippen LogP contribution in [0, 0.1) is 0 Å². The van der Waals surface area contributed by atoms with Crippen LogP contribution in [-0.4, -0.2) is 37.8 Å². The molecule has 0 radical (unpaired) electrons. The first-order valence-corrected chi connectivity index (χ1v) is 6.43. The lowest BCUT2D eigenvalue weighted by Gasteiger charge is -2.30. The van der Waals surface area contributed by atoms with E-state index in [1.165, 1.54) is 0 Å². The standard InChI is InChI=1S/C14H18F3NO/c1-18-8-6-11(7-9-18)12-4-2-3-5-13(12)19-10-14(15,16)17/h2-5,11H,6-10H2,1H3. The number of hydrogen-bond acceptors (Lipinski definition) is 2. The highest BCUT2D eigenvalue weighted by Crippen LogP contribution is 2.34. The summed E-state index contributed by atoms with van der Waals surface area (Å²) in [7, 11) is 2.06. The molecule has 0 saturated carbocycles. The molecule has 1 heterocycles. The van der Waals surface area contributed by atoms with Crippen molar-refractivity contribution < 1.29 is 17.9 Å². The van der Waals surface area contributed by atoms with Crippen molar-refractivity contribution in [1.29, 1.82) is 0 Å². The summed E-state index contributed by atoms with van der Waals surface area (Å²) < 4.78 is 41.6. The van der Waals surface area contributed by atoms with Gasteiger partial charge in [0.1, 0.15) is 5.75 Å². The maximum Gasteiger partial charge on any atom is 0.422 e. The van der Waals surface area contributed by atoms with Gasteiger partial charge in [-0.15, -0.1) is 0 Å². The average molecular weight is 273 g/mol. The summed E-state index contributed by atoms with van der Waals surface area (Å²) in [6.45, 7) is 0.715. The highest BCUT2D eigenvalue weighted by molar-refractivity contribution is 5.36. The first-order valence-electron chi connectivity index (χ1n) is 6.43. The molecule has 1 aromatic rings. The van der Waals surface area contributed by atoms with Crippen LogP contribution in [0.15, 0.2) is 24.3 Å². The third kappa shape index (κ3) is 4.13. The van der Waals surface area contributed by atoms with Crippen LogP contribution in [0.25, 0.3) is 0 Å². The topological polar surface area (TPSA) is 12.5 Å². The van der Waals surface area contributed by atoms with Crippen molar-refractivity contribution in [2.75, 3.05) is 26.7 Å². The number of hydrogen-bond donors (Lipinski definition) is 0. The summed E-state index contributed by atoms with van der Waals surface area (Å²) in [5.41, 5.74) is 0.903. The average Bonchev–Trinajstić information content (AvgIpc) is 2.37. The smallest absolute Gasteiger partial charge is 0.422 e. The highest BCUT2D eigenvalue weighted by atomic mass is 19.4. The SMILES string of the molecule is CN1CCC(c2ccccc2OCC(F)(F)F)CC1. The third-order valence-corrected chi connectivity index (χ3v) is 3.47. The van der Waals surface area contributed by atoms with E-state index in [0.29, 0.717) is 11.7 Å². The molecular weight excluding hydrogens is 255 g/mol. The Labute approximate surface area is 111 Å². The minimum Gasteiger partial charge on any atom is -0.484 e. The molecule has 2 rings (SSSR count). The van der Waals surface area contributed by atoms with E-state index in [4.69, 9.17) is 4.74 Å². The maximum atomic E-state index is 12.2. The molecule has 0 unspecified atom stereocenters. The lowest BCUT2D eigenvalue weighted by atomic mass is 9.89. The van der Waals surface area contributed by atoms with Crippen molar-refractivity contribution in [3.05, 3.63) is 29.8 Å². The van der Waals surface area contributed by atoms with Crippen molar-refractivity contribution in [3.63, 3.8) is 0 Å². The number of alkyl halides is 3. The first-order chi connectivity index (χ1) is 8.96. The van der Waals surface area contributed by atoms with E-state index in [1.54, 1.807) is 12.1 Å². The zero-order valence-electron chi connectivity index (χ0n) is 10.9. The van der Waals surface area contributed by atoms with E-state index in [1.807, 2.05) is 12.1 Å². The van der Waals surface area contributed by atoms with Crippen LogP contribution < -0.4 is 4.74 Å². The molecule has 0 atom stereocenters. The molecule has 5 heteroatoms. The van der Waals surface area contributed by atoms with E-state index < -0.39 is 12.8 Å².